The van der Waals surface area contributed by atoms with Crippen LogP contribution in [-0.4, -0.2) is 26.8 Å². The Kier molecular flexibility index (Phi) is 7.34. The van der Waals surface area contributed by atoms with E-state index in [1.807, 2.05) is 6.07 Å². The van der Waals surface area contributed by atoms with Gasteiger partial charge in [-0.3, -0.25) is 0 Å². The first-order chi connectivity index (χ1) is 9.21. The lowest BCUT2D eigenvalue weighted by atomic mass is 10.1. The number of hydrogen-bond donors (Lipinski definition) is 1. The molecule has 0 aliphatic rings. The number of aryl methyl sites for hydroxylation is 1. The summed E-state index contributed by atoms with van der Waals surface area (Å²) in [6.07, 6.45) is 2.17. The Morgan fingerprint density at radius 2 is 2.00 bits per heavy atom. The summed E-state index contributed by atoms with van der Waals surface area (Å²) in [7, 11) is 1.69. The van der Waals surface area contributed by atoms with Gasteiger partial charge in [0.25, 0.3) is 0 Å². The standard InChI is InChI=1S/C16H27NO2/c1-5-9-17-11-13(3)12-19-15-8-7-14(6-2)10-16(15)18-4/h7-8,10,13,17H,5-6,9,11-12H2,1-4H3. The molecule has 0 aromatic heterocycles. The van der Waals surface area contributed by atoms with Crippen molar-refractivity contribution >= 4 is 0 Å². The Morgan fingerprint density at radius 1 is 1.21 bits per heavy atom. The van der Waals surface area contributed by atoms with Crippen LogP contribution in [0.1, 0.15) is 32.8 Å². The normalized spacial score (nSPS) is 12.2. The highest BCUT2D eigenvalue weighted by Gasteiger charge is 2.08. The van der Waals surface area contributed by atoms with E-state index in [1.54, 1.807) is 7.11 Å². The van der Waals surface area contributed by atoms with Crippen LogP contribution in [0.5, 0.6) is 11.5 Å². The van der Waals surface area contributed by atoms with E-state index in [0.717, 1.165) is 31.0 Å². The van der Waals surface area contributed by atoms with Gasteiger partial charge in [-0.2, -0.15) is 0 Å². The number of rotatable bonds is 9. The molecule has 0 spiro atoms. The lowest BCUT2D eigenvalue weighted by Crippen LogP contribution is -2.25. The van der Waals surface area contributed by atoms with Crippen LogP contribution in [0.2, 0.25) is 0 Å². The number of ether oxygens (including phenoxy) is 2. The fourth-order valence-corrected chi connectivity index (χ4v) is 1.87. The maximum atomic E-state index is 5.86. The van der Waals surface area contributed by atoms with E-state index in [9.17, 15) is 0 Å². The van der Waals surface area contributed by atoms with Gasteiger partial charge in [-0.15, -0.1) is 0 Å². The molecular weight excluding hydrogens is 238 g/mol. The van der Waals surface area contributed by atoms with E-state index in [-0.39, 0.29) is 0 Å². The smallest absolute Gasteiger partial charge is 0.161 e. The largest absolute Gasteiger partial charge is 0.493 e. The van der Waals surface area contributed by atoms with Crippen LogP contribution in [-0.2, 0) is 6.42 Å². The topological polar surface area (TPSA) is 30.5 Å². The number of methoxy groups -OCH3 is 1. The van der Waals surface area contributed by atoms with Crippen LogP contribution in [0.15, 0.2) is 18.2 Å². The summed E-state index contributed by atoms with van der Waals surface area (Å²) in [5, 5.41) is 3.41. The Bertz CT molecular complexity index is 366. The highest BCUT2D eigenvalue weighted by atomic mass is 16.5. The van der Waals surface area contributed by atoms with Crippen molar-refractivity contribution in [2.75, 3.05) is 26.8 Å². The van der Waals surface area contributed by atoms with Crippen LogP contribution in [0, 0.1) is 5.92 Å². The molecule has 0 amide bonds. The Labute approximate surface area is 117 Å². The van der Waals surface area contributed by atoms with Gasteiger partial charge >= 0.3 is 0 Å². The average molecular weight is 265 g/mol. The van der Waals surface area contributed by atoms with Gasteiger partial charge in [0, 0.05) is 12.5 Å². The van der Waals surface area contributed by atoms with Gasteiger partial charge in [0.15, 0.2) is 11.5 Å². The molecule has 0 aliphatic heterocycles. The van der Waals surface area contributed by atoms with Crippen LogP contribution < -0.4 is 14.8 Å². The van der Waals surface area contributed by atoms with E-state index >= 15 is 0 Å². The zero-order valence-corrected chi connectivity index (χ0v) is 12.7. The maximum Gasteiger partial charge on any atom is 0.161 e. The fraction of sp³-hybridized carbons (Fsp3) is 0.625. The van der Waals surface area contributed by atoms with Gasteiger partial charge in [0.2, 0.25) is 0 Å². The van der Waals surface area contributed by atoms with Gasteiger partial charge in [-0.05, 0) is 37.1 Å². The van der Waals surface area contributed by atoms with Crippen LogP contribution in [0.3, 0.4) is 0 Å². The molecule has 0 saturated heterocycles. The molecular formula is C16H27NO2. The van der Waals surface area contributed by atoms with E-state index in [0.29, 0.717) is 12.5 Å². The molecule has 1 unspecified atom stereocenters. The Morgan fingerprint density at radius 3 is 2.63 bits per heavy atom. The zero-order chi connectivity index (χ0) is 14.1. The first kappa shape index (κ1) is 15.8. The average Bonchev–Trinajstić information content (AvgIpc) is 2.45. The van der Waals surface area contributed by atoms with Crippen molar-refractivity contribution in [3.63, 3.8) is 0 Å². The van der Waals surface area contributed by atoms with Gasteiger partial charge in [-0.1, -0.05) is 26.8 Å². The van der Waals surface area contributed by atoms with Gasteiger partial charge in [0.05, 0.1) is 13.7 Å². The molecule has 1 rings (SSSR count). The van der Waals surface area contributed by atoms with Crippen LogP contribution >= 0.6 is 0 Å². The summed E-state index contributed by atoms with van der Waals surface area (Å²) in [6, 6.07) is 6.15. The van der Waals surface area contributed by atoms with Gasteiger partial charge in [0.1, 0.15) is 0 Å². The summed E-state index contributed by atoms with van der Waals surface area (Å²) in [5.41, 5.74) is 1.27. The second kappa shape index (κ2) is 8.81. The fourth-order valence-electron chi connectivity index (χ4n) is 1.87. The summed E-state index contributed by atoms with van der Waals surface area (Å²) in [6.45, 7) is 9.27. The van der Waals surface area contributed by atoms with Crippen LogP contribution in [0.4, 0.5) is 0 Å². The molecule has 108 valence electrons. The summed E-state index contributed by atoms with van der Waals surface area (Å²) in [5.74, 6) is 2.15. The van der Waals surface area contributed by atoms with Crippen molar-refractivity contribution in [2.45, 2.75) is 33.6 Å². The minimum absolute atomic E-state index is 0.488. The minimum Gasteiger partial charge on any atom is -0.493 e. The zero-order valence-electron chi connectivity index (χ0n) is 12.7. The second-order valence-electron chi connectivity index (χ2n) is 4.96. The molecule has 0 heterocycles. The van der Waals surface area contributed by atoms with Crippen molar-refractivity contribution in [2.24, 2.45) is 5.92 Å². The van der Waals surface area contributed by atoms with E-state index in [2.05, 4.69) is 38.2 Å². The third-order valence-corrected chi connectivity index (χ3v) is 3.08. The van der Waals surface area contributed by atoms with Gasteiger partial charge < -0.3 is 14.8 Å². The third-order valence-electron chi connectivity index (χ3n) is 3.08. The highest BCUT2D eigenvalue weighted by Crippen LogP contribution is 2.28. The predicted octanol–water partition coefficient (Wildman–Crippen LogP) is 3.27. The summed E-state index contributed by atoms with van der Waals surface area (Å²) in [4.78, 5) is 0. The first-order valence-electron chi connectivity index (χ1n) is 7.21. The molecule has 3 heteroatoms. The summed E-state index contributed by atoms with van der Waals surface area (Å²) < 4.78 is 11.2. The Balaban J connectivity index is 2.47. The molecule has 3 nitrogen and oxygen atoms in total. The number of hydrogen-bond acceptors (Lipinski definition) is 3. The first-order valence-corrected chi connectivity index (χ1v) is 7.21. The quantitative estimate of drug-likeness (QED) is 0.695. The number of benzene rings is 1. The summed E-state index contributed by atoms with van der Waals surface area (Å²) >= 11 is 0. The van der Waals surface area contributed by atoms with Crippen molar-refractivity contribution in [1.82, 2.24) is 5.32 Å². The SMILES string of the molecule is CCCNCC(C)COc1ccc(CC)cc1OC. The molecule has 1 N–H and O–H groups in total. The van der Waals surface area contributed by atoms with Crippen molar-refractivity contribution in [3.05, 3.63) is 23.8 Å². The Hall–Kier alpha value is -1.22. The van der Waals surface area contributed by atoms with Crippen molar-refractivity contribution in [3.8, 4) is 11.5 Å². The maximum absolute atomic E-state index is 5.86. The highest BCUT2D eigenvalue weighted by molar-refractivity contribution is 5.42. The molecule has 0 radical (unpaired) electrons. The van der Waals surface area contributed by atoms with E-state index < -0.39 is 0 Å². The van der Waals surface area contributed by atoms with E-state index in [4.69, 9.17) is 9.47 Å². The molecule has 0 bridgehead atoms. The lowest BCUT2D eigenvalue weighted by molar-refractivity contribution is 0.244. The number of nitrogens with one attached hydrogen (secondary N) is 1. The lowest BCUT2D eigenvalue weighted by Gasteiger charge is -2.16. The second-order valence-corrected chi connectivity index (χ2v) is 4.96. The molecule has 0 fully saturated rings. The monoisotopic (exact) mass is 265 g/mol. The molecule has 1 aromatic rings. The van der Waals surface area contributed by atoms with Crippen molar-refractivity contribution in [1.29, 1.82) is 0 Å². The van der Waals surface area contributed by atoms with Gasteiger partial charge in [-0.25, -0.2) is 0 Å². The van der Waals surface area contributed by atoms with E-state index in [1.165, 1.54) is 12.0 Å². The molecule has 0 aliphatic carbocycles. The molecule has 1 atom stereocenters. The molecule has 0 saturated carbocycles. The van der Waals surface area contributed by atoms with Crippen molar-refractivity contribution < 1.29 is 9.47 Å². The minimum atomic E-state index is 0.488. The molecule has 19 heavy (non-hydrogen) atoms. The predicted molar refractivity (Wildman–Crippen MR) is 80.2 cm³/mol. The van der Waals surface area contributed by atoms with Crippen LogP contribution in [0.25, 0.3) is 0 Å². The third kappa shape index (κ3) is 5.52. The molecule has 1 aromatic carbocycles.